The Balaban J connectivity index is 0.000000101. The molecule has 0 saturated heterocycles. The lowest BCUT2D eigenvalue weighted by Gasteiger charge is -2.16. The van der Waals surface area contributed by atoms with Crippen molar-refractivity contribution in [3.63, 3.8) is 0 Å². The molecule has 21 aromatic carbocycles. The summed E-state index contributed by atoms with van der Waals surface area (Å²) < 4.78 is 14.2. The predicted octanol–water partition coefficient (Wildman–Crippen LogP) is 33.7. The van der Waals surface area contributed by atoms with Gasteiger partial charge in [0, 0.05) is 93.5 Å². The van der Waals surface area contributed by atoms with Gasteiger partial charge in [-0.25, -0.2) is 19.9 Å². The van der Waals surface area contributed by atoms with Crippen LogP contribution in [0.3, 0.4) is 0 Å². The molecule has 0 bridgehead atoms. The van der Waals surface area contributed by atoms with Crippen LogP contribution in [0.1, 0.15) is 0 Å². The van der Waals surface area contributed by atoms with E-state index < -0.39 is 0 Å². The first kappa shape index (κ1) is 79.0. The number of para-hydroxylation sites is 12. The van der Waals surface area contributed by atoms with Gasteiger partial charge >= 0.3 is 0 Å². The first-order valence-corrected chi connectivity index (χ1v) is 48.4. The standard InChI is InChI=1S/C49H30N4.C45H26N4.C37H23N3/c1-6-16-43-35(11-1)36-12-2-7-17-44(36)51(43)33-24-21-31(22-25-33)32-23-27-40-41(29-32)39-28-26-34(30-48(39)53-47-20-10-5-15-42(47)50-49(40)53)52-45-18-8-3-13-37(45)38-14-4-9-19-46(38)52;1-2-13-42-40(10-1)48-45-34-22-18-31(37-11-6-12-39(47-37)38-9-3-4-24-46-38)26-35(34)36-25-30(19-23-41(36)49(42)45)32-20-16-29-15-14-27-7-5-8-28-17-21-33(32)44(29)43(27)28;1-2-10-24(11-3-1)25-18-20-30-31(22-25)29-21-19-26(23-36(29)40-35-17-9-6-14-32(35)38-37(30)40)39-33-15-7-4-12-27(33)28-13-5-8-16-34(28)39/h1-30H;1-26H;1-23H. The summed E-state index contributed by atoms with van der Waals surface area (Å²) in [6, 6.07) is 170. The smallest absolute Gasteiger partial charge is 0.146 e. The van der Waals surface area contributed by atoms with Gasteiger partial charge in [0.05, 0.1) is 99.8 Å². The Morgan fingerprint density at radius 3 is 0.986 bits per heavy atom. The molecule has 11 heteroatoms. The van der Waals surface area contributed by atoms with E-state index in [1.807, 2.05) is 30.5 Å². The zero-order valence-corrected chi connectivity index (χ0v) is 76.5. The minimum atomic E-state index is 0.856. The van der Waals surface area contributed by atoms with Crippen LogP contribution in [0.15, 0.2) is 479 Å². The maximum Gasteiger partial charge on any atom is 0.146 e. The van der Waals surface area contributed by atoms with Gasteiger partial charge in [-0.3, -0.25) is 18.2 Å². The minimum absolute atomic E-state index is 0.856. The first-order chi connectivity index (χ1) is 70.4. The quantitative estimate of drug-likeness (QED) is 0.141. The van der Waals surface area contributed by atoms with E-state index in [1.54, 1.807) is 0 Å². The molecule has 658 valence electrons. The monoisotopic (exact) mass is 1810 g/mol. The molecule has 0 fully saturated rings. The molecule has 0 amide bonds. The van der Waals surface area contributed by atoms with E-state index in [0.717, 1.165) is 128 Å². The molecule has 32 aromatic rings. The van der Waals surface area contributed by atoms with Crippen LogP contribution in [0.2, 0.25) is 0 Å². The molecular formula is C131H79N11. The Morgan fingerprint density at radius 2 is 0.493 bits per heavy atom. The van der Waals surface area contributed by atoms with Crippen molar-refractivity contribution >= 4 is 213 Å². The molecule has 11 aromatic heterocycles. The summed E-state index contributed by atoms with van der Waals surface area (Å²) in [5.74, 6) is 0. The molecule has 0 atom stereocenters. The molecule has 0 aliphatic heterocycles. The molecular weight excluding hydrogens is 1730 g/mol. The van der Waals surface area contributed by atoms with Crippen molar-refractivity contribution in [2.75, 3.05) is 0 Å². The lowest BCUT2D eigenvalue weighted by atomic mass is 9.89. The van der Waals surface area contributed by atoms with Crippen LogP contribution in [0.25, 0.3) is 286 Å². The molecule has 0 aliphatic carbocycles. The van der Waals surface area contributed by atoms with E-state index in [9.17, 15) is 0 Å². The average molecular weight is 1810 g/mol. The van der Waals surface area contributed by atoms with Gasteiger partial charge in [-0.05, 0) is 264 Å². The van der Waals surface area contributed by atoms with Crippen molar-refractivity contribution in [2.45, 2.75) is 0 Å². The summed E-state index contributed by atoms with van der Waals surface area (Å²) in [5, 5.41) is 25.9. The molecule has 11 nitrogen and oxygen atoms in total. The Kier molecular flexibility index (Phi) is 17.3. The van der Waals surface area contributed by atoms with E-state index >= 15 is 0 Å². The van der Waals surface area contributed by atoms with Gasteiger partial charge < -0.3 is 13.7 Å². The second-order valence-corrected chi connectivity index (χ2v) is 37.3. The maximum atomic E-state index is 5.23. The summed E-state index contributed by atoms with van der Waals surface area (Å²) >= 11 is 0. The number of fused-ring (bicyclic) bond motifs is 33. The maximum absolute atomic E-state index is 5.23. The third kappa shape index (κ3) is 12.1. The first-order valence-electron chi connectivity index (χ1n) is 48.4. The van der Waals surface area contributed by atoms with Gasteiger partial charge in [-0.1, -0.05) is 291 Å². The molecule has 0 saturated carbocycles. The second kappa shape index (κ2) is 31.2. The fourth-order valence-electron chi connectivity index (χ4n) is 23.3. The van der Waals surface area contributed by atoms with Crippen LogP contribution >= 0.6 is 0 Å². The van der Waals surface area contributed by atoms with E-state index in [4.69, 9.17) is 19.9 Å². The van der Waals surface area contributed by atoms with Crippen molar-refractivity contribution < 1.29 is 0 Å². The lowest BCUT2D eigenvalue weighted by Crippen LogP contribution is -1.97. The summed E-state index contributed by atoms with van der Waals surface area (Å²) in [4.78, 5) is 25.1. The summed E-state index contributed by atoms with van der Waals surface area (Å²) in [6.07, 6.45) is 1.81. The molecule has 11 heterocycles. The summed E-state index contributed by atoms with van der Waals surface area (Å²) in [7, 11) is 0. The van der Waals surface area contributed by atoms with Gasteiger partial charge in [0.2, 0.25) is 0 Å². The number of benzene rings is 21. The highest BCUT2D eigenvalue weighted by Crippen LogP contribution is 2.47. The van der Waals surface area contributed by atoms with Gasteiger partial charge in [0.25, 0.3) is 0 Å². The minimum Gasteiger partial charge on any atom is -0.309 e. The highest BCUT2D eigenvalue weighted by Gasteiger charge is 2.25. The van der Waals surface area contributed by atoms with Crippen LogP contribution in [0.5, 0.6) is 0 Å². The molecule has 0 spiro atoms. The molecule has 32 rings (SSSR count). The van der Waals surface area contributed by atoms with Crippen LogP contribution in [0.4, 0.5) is 0 Å². The number of rotatable bonds is 8. The molecule has 0 unspecified atom stereocenters. The van der Waals surface area contributed by atoms with Crippen LogP contribution in [0, 0.1) is 0 Å². The third-order valence-corrected chi connectivity index (χ3v) is 29.7. The number of pyridine rings is 5. The van der Waals surface area contributed by atoms with Crippen molar-refractivity contribution in [1.29, 1.82) is 0 Å². The Hall–Kier alpha value is -19.2. The zero-order valence-electron chi connectivity index (χ0n) is 76.5. The Bertz CT molecular complexity index is 10700. The van der Waals surface area contributed by atoms with Crippen LogP contribution in [-0.2, 0) is 0 Å². The van der Waals surface area contributed by atoms with Crippen molar-refractivity contribution in [3.8, 4) is 73.1 Å². The number of aromatic nitrogens is 11. The highest BCUT2D eigenvalue weighted by atomic mass is 15.1. The van der Waals surface area contributed by atoms with E-state index in [1.165, 1.54) is 158 Å². The van der Waals surface area contributed by atoms with Gasteiger partial charge in [-0.2, -0.15) is 0 Å². The molecule has 0 radical (unpaired) electrons. The number of nitrogens with zero attached hydrogens (tertiary/aromatic N) is 11. The lowest BCUT2D eigenvalue weighted by molar-refractivity contribution is 1.18. The molecule has 142 heavy (non-hydrogen) atoms. The highest BCUT2D eigenvalue weighted by molar-refractivity contribution is 6.27. The summed E-state index contributed by atoms with van der Waals surface area (Å²) in [5.41, 5.74) is 34.2. The van der Waals surface area contributed by atoms with Crippen molar-refractivity contribution in [1.82, 2.24) is 51.8 Å². The van der Waals surface area contributed by atoms with Crippen LogP contribution < -0.4 is 0 Å². The van der Waals surface area contributed by atoms with Gasteiger partial charge in [0.1, 0.15) is 16.9 Å². The van der Waals surface area contributed by atoms with Gasteiger partial charge in [0.15, 0.2) is 0 Å². The fraction of sp³-hybridized carbons (Fsp3) is 0. The number of hydrogen-bond donors (Lipinski definition) is 0. The van der Waals surface area contributed by atoms with Crippen molar-refractivity contribution in [3.05, 3.63) is 479 Å². The number of hydrogen-bond acceptors (Lipinski definition) is 5. The average Bonchev–Trinajstić information content (AvgIpc) is 1.39. The van der Waals surface area contributed by atoms with Gasteiger partial charge in [-0.15, -0.1) is 0 Å². The fourth-order valence-corrected chi connectivity index (χ4v) is 23.3. The van der Waals surface area contributed by atoms with Crippen LogP contribution in [-0.4, -0.2) is 51.8 Å². The summed E-state index contributed by atoms with van der Waals surface area (Å²) in [6.45, 7) is 0. The van der Waals surface area contributed by atoms with E-state index in [2.05, 4.69) is 481 Å². The normalized spacial score (nSPS) is 12.1. The zero-order chi connectivity index (χ0) is 92.9. The second-order valence-electron chi connectivity index (χ2n) is 37.3. The van der Waals surface area contributed by atoms with Crippen molar-refractivity contribution in [2.24, 2.45) is 0 Å². The third-order valence-electron chi connectivity index (χ3n) is 29.7. The SMILES string of the molecule is c1ccc(-c2ccc3c(c2)c2ccc(-n4c5ccccc5c5ccccc54)cc2n2c4ccccc4nc32)cc1.c1ccc(-c2cccc(-c3ccc4c(c3)c3cc(-c5ccc6ccc7cccc8ccc5c6c78)ccc3n3c5ccccc5nc43)n2)nc1.c1ccc2c(c1)nc1c3ccc(-c4ccc(-n5c6ccccc6c6ccccc65)cc4)cc3c3ccc(-n4c5ccccc5c5ccccc54)cc3n21. The molecule has 0 N–H and O–H groups in total. The predicted molar refractivity (Wildman–Crippen MR) is 593 cm³/mol. The molecule has 0 aliphatic rings. The Morgan fingerprint density at radius 1 is 0.155 bits per heavy atom. The Labute approximate surface area is 811 Å². The van der Waals surface area contributed by atoms with E-state index in [0.29, 0.717) is 0 Å². The topological polar surface area (TPSA) is 92.5 Å². The largest absolute Gasteiger partial charge is 0.309 e. The number of imidazole rings is 3. The van der Waals surface area contributed by atoms with E-state index in [-0.39, 0.29) is 0 Å².